The molecule has 3 aromatic carbocycles. The highest BCUT2D eigenvalue weighted by Gasteiger charge is 2.16. The lowest BCUT2D eigenvalue weighted by Gasteiger charge is -2.13. The Labute approximate surface area is 196 Å². The van der Waals surface area contributed by atoms with E-state index in [9.17, 15) is 13.2 Å². The van der Waals surface area contributed by atoms with Crippen molar-refractivity contribution in [3.05, 3.63) is 80.9 Å². The zero-order chi connectivity index (χ0) is 22.6. The molecule has 0 radical (unpaired) electrons. The van der Waals surface area contributed by atoms with Crippen molar-refractivity contribution < 1.29 is 17.9 Å². The number of benzene rings is 3. The number of carbonyl (C=O) groups is 1. The summed E-state index contributed by atoms with van der Waals surface area (Å²) < 4.78 is 34.7. The molecule has 1 amide bonds. The number of amides is 1. The minimum atomic E-state index is -3.74. The predicted octanol–water partition coefficient (Wildman–Crippen LogP) is 5.03. The summed E-state index contributed by atoms with van der Waals surface area (Å²) in [6.45, 7) is 5.45. The average Bonchev–Trinajstić information content (AvgIpc) is 2.71. The average molecular weight is 550 g/mol. The number of hydrogen-bond donors (Lipinski definition) is 2. The molecule has 0 fully saturated rings. The fraction of sp³-hybridized carbons (Fsp3) is 0.174. The van der Waals surface area contributed by atoms with Crippen molar-refractivity contribution in [3.8, 4) is 5.75 Å². The lowest BCUT2D eigenvalue weighted by Crippen LogP contribution is -2.20. The number of rotatable bonds is 7. The lowest BCUT2D eigenvalue weighted by atomic mass is 10.1. The quantitative estimate of drug-likeness (QED) is 0.404. The number of hydrogen-bond acceptors (Lipinski definition) is 4. The van der Waals surface area contributed by atoms with E-state index in [0.717, 1.165) is 14.7 Å². The van der Waals surface area contributed by atoms with E-state index in [1.54, 1.807) is 25.1 Å². The molecule has 31 heavy (non-hydrogen) atoms. The van der Waals surface area contributed by atoms with Gasteiger partial charge in [-0.25, -0.2) is 8.42 Å². The molecule has 6 nitrogen and oxygen atoms in total. The second-order valence-corrected chi connectivity index (χ2v) is 10.1. The Balaban J connectivity index is 1.65. The first-order valence-electron chi connectivity index (χ1n) is 9.53. The van der Waals surface area contributed by atoms with Gasteiger partial charge >= 0.3 is 0 Å². The van der Waals surface area contributed by atoms with E-state index in [1.807, 2.05) is 44.2 Å². The van der Waals surface area contributed by atoms with Crippen LogP contribution in [0.4, 0.5) is 11.4 Å². The SMILES string of the molecule is Cc1ccc(NS(=O)(=O)c2ccc(OCC(=O)Nc3ccc(I)cc3)c(C)c2)cc1C. The molecule has 8 heteroatoms. The van der Waals surface area contributed by atoms with Crippen LogP contribution in [0.1, 0.15) is 16.7 Å². The van der Waals surface area contributed by atoms with E-state index >= 15 is 0 Å². The van der Waals surface area contributed by atoms with E-state index in [0.29, 0.717) is 22.7 Å². The molecule has 0 unspecified atom stereocenters. The maximum Gasteiger partial charge on any atom is 0.262 e. The van der Waals surface area contributed by atoms with Gasteiger partial charge in [-0.2, -0.15) is 0 Å². The highest BCUT2D eigenvalue weighted by Crippen LogP contribution is 2.24. The fourth-order valence-electron chi connectivity index (χ4n) is 2.84. The van der Waals surface area contributed by atoms with Crippen molar-refractivity contribution in [2.75, 3.05) is 16.6 Å². The first-order chi connectivity index (χ1) is 14.6. The third-order valence-electron chi connectivity index (χ3n) is 4.70. The summed E-state index contributed by atoms with van der Waals surface area (Å²) in [6.07, 6.45) is 0. The number of halogens is 1. The van der Waals surface area contributed by atoms with Crippen LogP contribution < -0.4 is 14.8 Å². The summed E-state index contributed by atoms with van der Waals surface area (Å²) in [7, 11) is -3.74. The predicted molar refractivity (Wildman–Crippen MR) is 131 cm³/mol. The number of carbonyl (C=O) groups excluding carboxylic acids is 1. The number of sulfonamides is 1. The van der Waals surface area contributed by atoms with Crippen LogP contribution in [-0.2, 0) is 14.8 Å². The summed E-state index contributed by atoms with van der Waals surface area (Å²) >= 11 is 2.19. The Morgan fingerprint density at radius 3 is 2.19 bits per heavy atom. The lowest BCUT2D eigenvalue weighted by molar-refractivity contribution is -0.118. The molecular weight excluding hydrogens is 527 g/mol. The summed E-state index contributed by atoms with van der Waals surface area (Å²) in [5.74, 6) is 0.150. The van der Waals surface area contributed by atoms with Gasteiger partial charge in [0.2, 0.25) is 0 Å². The first-order valence-corrected chi connectivity index (χ1v) is 12.1. The smallest absolute Gasteiger partial charge is 0.262 e. The van der Waals surface area contributed by atoms with E-state index in [4.69, 9.17) is 4.74 Å². The number of ether oxygens (including phenoxy) is 1. The second kappa shape index (κ2) is 9.69. The molecule has 0 bridgehead atoms. The number of aryl methyl sites for hydroxylation is 3. The summed E-state index contributed by atoms with van der Waals surface area (Å²) in [6, 6.07) is 17.4. The number of anilines is 2. The van der Waals surface area contributed by atoms with Gasteiger partial charge in [0.25, 0.3) is 15.9 Å². The minimum absolute atomic E-state index is 0.124. The van der Waals surface area contributed by atoms with E-state index in [-0.39, 0.29) is 17.4 Å². The van der Waals surface area contributed by atoms with E-state index < -0.39 is 10.0 Å². The van der Waals surface area contributed by atoms with Gasteiger partial charge in [0.15, 0.2) is 6.61 Å². The van der Waals surface area contributed by atoms with Gasteiger partial charge in [-0.1, -0.05) is 6.07 Å². The van der Waals surface area contributed by atoms with Gasteiger partial charge in [0.05, 0.1) is 4.90 Å². The molecule has 0 aliphatic rings. The Hall–Kier alpha value is -2.59. The first kappa shape index (κ1) is 23.1. The molecular formula is C23H23IN2O4S. The highest BCUT2D eigenvalue weighted by molar-refractivity contribution is 14.1. The van der Waals surface area contributed by atoms with Crippen molar-refractivity contribution in [2.24, 2.45) is 0 Å². The molecule has 0 atom stereocenters. The van der Waals surface area contributed by atoms with Crippen molar-refractivity contribution in [2.45, 2.75) is 25.7 Å². The van der Waals surface area contributed by atoms with Gasteiger partial charge in [-0.3, -0.25) is 9.52 Å². The monoisotopic (exact) mass is 550 g/mol. The molecule has 0 aliphatic heterocycles. The maximum atomic E-state index is 12.7. The summed E-state index contributed by atoms with van der Waals surface area (Å²) in [5.41, 5.74) is 3.90. The minimum Gasteiger partial charge on any atom is -0.483 e. The Bertz CT molecular complexity index is 1210. The third-order valence-corrected chi connectivity index (χ3v) is 6.80. The van der Waals surface area contributed by atoms with Crippen LogP contribution in [0.5, 0.6) is 5.75 Å². The molecule has 0 spiro atoms. The maximum absolute atomic E-state index is 12.7. The van der Waals surface area contributed by atoms with Gasteiger partial charge in [-0.05, 0) is 115 Å². The number of nitrogens with one attached hydrogen (secondary N) is 2. The van der Waals surface area contributed by atoms with Crippen molar-refractivity contribution >= 4 is 49.9 Å². The van der Waals surface area contributed by atoms with Crippen LogP contribution in [0.3, 0.4) is 0 Å². The molecule has 3 aromatic rings. The zero-order valence-corrected chi connectivity index (χ0v) is 20.4. The van der Waals surface area contributed by atoms with Crippen LogP contribution in [0, 0.1) is 24.3 Å². The highest BCUT2D eigenvalue weighted by atomic mass is 127. The molecule has 0 saturated heterocycles. The van der Waals surface area contributed by atoms with Gasteiger partial charge in [0, 0.05) is 14.9 Å². The van der Waals surface area contributed by atoms with Crippen molar-refractivity contribution in [3.63, 3.8) is 0 Å². The Morgan fingerprint density at radius 2 is 1.55 bits per heavy atom. The van der Waals surface area contributed by atoms with Crippen LogP contribution >= 0.6 is 22.6 Å². The van der Waals surface area contributed by atoms with Crippen LogP contribution in [0.15, 0.2) is 65.6 Å². The summed E-state index contributed by atoms with van der Waals surface area (Å²) in [4.78, 5) is 12.2. The fourth-order valence-corrected chi connectivity index (χ4v) is 4.34. The van der Waals surface area contributed by atoms with Gasteiger partial charge < -0.3 is 10.1 Å². The third kappa shape index (κ3) is 6.20. The Morgan fingerprint density at radius 1 is 0.871 bits per heavy atom. The van der Waals surface area contributed by atoms with Crippen LogP contribution in [0.2, 0.25) is 0 Å². The molecule has 0 aromatic heterocycles. The second-order valence-electron chi connectivity index (χ2n) is 7.18. The molecule has 0 heterocycles. The van der Waals surface area contributed by atoms with Crippen LogP contribution in [0.25, 0.3) is 0 Å². The van der Waals surface area contributed by atoms with Gasteiger partial charge in [-0.15, -0.1) is 0 Å². The van der Waals surface area contributed by atoms with Crippen molar-refractivity contribution in [1.29, 1.82) is 0 Å². The van der Waals surface area contributed by atoms with E-state index in [1.165, 1.54) is 12.1 Å². The molecule has 162 valence electrons. The zero-order valence-electron chi connectivity index (χ0n) is 17.4. The topological polar surface area (TPSA) is 84.5 Å². The molecule has 0 aliphatic carbocycles. The molecule has 2 N–H and O–H groups in total. The normalized spacial score (nSPS) is 11.1. The van der Waals surface area contributed by atoms with E-state index in [2.05, 4.69) is 32.6 Å². The largest absolute Gasteiger partial charge is 0.483 e. The van der Waals surface area contributed by atoms with Gasteiger partial charge in [0.1, 0.15) is 5.75 Å². The Kier molecular flexibility index (Phi) is 7.22. The summed E-state index contributed by atoms with van der Waals surface area (Å²) in [5, 5.41) is 2.76. The standard InChI is InChI=1S/C23H23IN2O4S/c1-15-4-7-20(12-16(15)2)26-31(28,29)21-10-11-22(17(3)13-21)30-14-23(27)25-19-8-5-18(24)6-9-19/h4-13,26H,14H2,1-3H3,(H,25,27). The molecule has 3 rings (SSSR count). The van der Waals surface area contributed by atoms with Crippen LogP contribution in [-0.4, -0.2) is 20.9 Å². The van der Waals surface area contributed by atoms with Crippen molar-refractivity contribution in [1.82, 2.24) is 0 Å². The molecule has 0 saturated carbocycles.